The summed E-state index contributed by atoms with van der Waals surface area (Å²) in [6.45, 7) is 5.81. The fraction of sp³-hybridized carbons (Fsp3) is 0.706. The number of carbonyl (C=O) groups is 1. The molecule has 3 rings (SSSR count). The first-order valence-corrected chi connectivity index (χ1v) is 9.39. The number of aryl methyl sites for hydroxylation is 1. The number of likely N-dealkylation sites (tertiary alicyclic amines) is 1. The van der Waals surface area contributed by atoms with Crippen molar-refractivity contribution in [3.8, 4) is 0 Å². The van der Waals surface area contributed by atoms with Crippen molar-refractivity contribution < 1.29 is 14.3 Å². The number of amides is 2. The van der Waals surface area contributed by atoms with Crippen molar-refractivity contribution in [3.63, 3.8) is 0 Å². The molecular formula is C17H26N2O3S. The molecule has 1 N–H and O–H groups in total. The molecule has 2 saturated heterocycles. The van der Waals surface area contributed by atoms with Crippen molar-refractivity contribution in [2.45, 2.75) is 51.4 Å². The van der Waals surface area contributed by atoms with Gasteiger partial charge in [-0.3, -0.25) is 0 Å². The number of hydrogen-bond donors (Lipinski definition) is 1. The van der Waals surface area contributed by atoms with Gasteiger partial charge in [0, 0.05) is 24.6 Å². The monoisotopic (exact) mass is 338 g/mol. The number of hydrogen-bond acceptors (Lipinski definition) is 4. The highest BCUT2D eigenvalue weighted by atomic mass is 32.1. The van der Waals surface area contributed by atoms with Gasteiger partial charge in [0.05, 0.1) is 25.4 Å². The minimum atomic E-state index is 0.0374. The highest BCUT2D eigenvalue weighted by Crippen LogP contribution is 2.18. The summed E-state index contributed by atoms with van der Waals surface area (Å²) in [6.07, 6.45) is 4.64. The van der Waals surface area contributed by atoms with Gasteiger partial charge in [-0.1, -0.05) is 0 Å². The lowest BCUT2D eigenvalue weighted by atomic mass is 10.1. The summed E-state index contributed by atoms with van der Waals surface area (Å²) in [4.78, 5) is 15.4. The first-order chi connectivity index (χ1) is 11.2. The van der Waals surface area contributed by atoms with E-state index < -0.39 is 0 Å². The lowest BCUT2D eigenvalue weighted by Crippen LogP contribution is -2.46. The largest absolute Gasteiger partial charge is 0.376 e. The van der Waals surface area contributed by atoms with E-state index in [2.05, 4.69) is 23.7 Å². The van der Waals surface area contributed by atoms with Gasteiger partial charge >= 0.3 is 6.03 Å². The van der Waals surface area contributed by atoms with Gasteiger partial charge in [0.25, 0.3) is 0 Å². The molecule has 23 heavy (non-hydrogen) atoms. The van der Waals surface area contributed by atoms with E-state index in [1.165, 1.54) is 10.4 Å². The Kier molecular flexibility index (Phi) is 5.91. The predicted molar refractivity (Wildman–Crippen MR) is 90.8 cm³/mol. The second kappa shape index (κ2) is 8.13. The molecule has 2 aliphatic rings. The molecule has 1 aromatic heterocycles. The van der Waals surface area contributed by atoms with Crippen molar-refractivity contribution >= 4 is 17.4 Å². The van der Waals surface area contributed by atoms with Crippen LogP contribution in [0.15, 0.2) is 11.4 Å². The molecule has 2 aliphatic heterocycles. The van der Waals surface area contributed by atoms with Crippen molar-refractivity contribution in [2.75, 3.05) is 26.3 Å². The van der Waals surface area contributed by atoms with Crippen molar-refractivity contribution in [1.29, 1.82) is 0 Å². The Morgan fingerprint density at radius 1 is 1.43 bits per heavy atom. The topological polar surface area (TPSA) is 50.8 Å². The van der Waals surface area contributed by atoms with Crippen LogP contribution in [0, 0.1) is 6.92 Å². The SMILES string of the molecule is Cc1ccsc1CNC(=O)N1CCC(OC[C@@H]2CCCO2)CC1. The molecule has 6 heteroatoms. The third-order valence-corrected chi connectivity index (χ3v) is 5.66. The van der Waals surface area contributed by atoms with E-state index in [0.717, 1.165) is 45.4 Å². The summed E-state index contributed by atoms with van der Waals surface area (Å²) >= 11 is 1.69. The maximum Gasteiger partial charge on any atom is 0.317 e. The Morgan fingerprint density at radius 3 is 2.91 bits per heavy atom. The van der Waals surface area contributed by atoms with E-state index in [1.54, 1.807) is 11.3 Å². The molecule has 128 valence electrons. The molecule has 3 heterocycles. The number of urea groups is 1. The fourth-order valence-corrected chi connectivity index (χ4v) is 3.94. The van der Waals surface area contributed by atoms with E-state index in [4.69, 9.17) is 9.47 Å². The Balaban J connectivity index is 1.34. The molecule has 5 nitrogen and oxygen atoms in total. The van der Waals surface area contributed by atoms with E-state index >= 15 is 0 Å². The molecule has 0 aromatic carbocycles. The average molecular weight is 338 g/mol. The van der Waals surface area contributed by atoms with Crippen LogP contribution in [0.25, 0.3) is 0 Å². The van der Waals surface area contributed by atoms with Gasteiger partial charge in [0.15, 0.2) is 0 Å². The Morgan fingerprint density at radius 2 is 2.26 bits per heavy atom. The molecule has 1 aromatic rings. The maximum absolute atomic E-state index is 12.2. The highest BCUT2D eigenvalue weighted by Gasteiger charge is 2.25. The number of thiophene rings is 1. The molecule has 0 spiro atoms. The number of carbonyl (C=O) groups excluding carboxylic acids is 1. The van der Waals surface area contributed by atoms with Gasteiger partial charge in [-0.15, -0.1) is 11.3 Å². The highest BCUT2D eigenvalue weighted by molar-refractivity contribution is 7.10. The van der Waals surface area contributed by atoms with Crippen LogP contribution in [0.4, 0.5) is 4.79 Å². The van der Waals surface area contributed by atoms with Crippen molar-refractivity contribution in [1.82, 2.24) is 10.2 Å². The van der Waals surface area contributed by atoms with E-state index in [9.17, 15) is 4.79 Å². The number of piperidine rings is 1. The summed E-state index contributed by atoms with van der Waals surface area (Å²) in [5.41, 5.74) is 1.25. The Labute approximate surface area is 142 Å². The Hall–Kier alpha value is -1.11. The summed E-state index contributed by atoms with van der Waals surface area (Å²) in [5.74, 6) is 0. The third-order valence-electron chi connectivity index (χ3n) is 4.64. The molecule has 0 unspecified atom stereocenters. The minimum absolute atomic E-state index is 0.0374. The normalized spacial score (nSPS) is 22.5. The van der Waals surface area contributed by atoms with Gasteiger partial charge in [0.2, 0.25) is 0 Å². The lowest BCUT2D eigenvalue weighted by Gasteiger charge is -2.32. The van der Waals surface area contributed by atoms with Gasteiger partial charge in [-0.2, -0.15) is 0 Å². The number of ether oxygens (including phenoxy) is 2. The first-order valence-electron chi connectivity index (χ1n) is 8.51. The first kappa shape index (κ1) is 16.7. The van der Waals surface area contributed by atoms with Gasteiger partial charge < -0.3 is 19.7 Å². The molecule has 2 fully saturated rings. The molecule has 1 atom stereocenters. The van der Waals surface area contributed by atoms with E-state index in [-0.39, 0.29) is 18.2 Å². The summed E-state index contributed by atoms with van der Waals surface area (Å²) < 4.78 is 11.5. The summed E-state index contributed by atoms with van der Waals surface area (Å²) in [5, 5.41) is 5.09. The fourth-order valence-electron chi connectivity index (χ4n) is 3.10. The van der Waals surface area contributed by atoms with Crippen molar-refractivity contribution in [3.05, 3.63) is 21.9 Å². The molecule has 0 aliphatic carbocycles. The standard InChI is InChI=1S/C17H26N2O3S/c1-13-6-10-23-16(13)11-18-17(20)19-7-4-14(5-8-19)22-12-15-3-2-9-21-15/h6,10,14-15H,2-5,7-9,11-12H2,1H3,(H,18,20)/t15-/m0/s1. The smallest absolute Gasteiger partial charge is 0.317 e. The van der Waals surface area contributed by atoms with Crippen LogP contribution < -0.4 is 5.32 Å². The average Bonchev–Trinajstić information content (AvgIpc) is 3.23. The second-order valence-electron chi connectivity index (χ2n) is 6.34. The quantitative estimate of drug-likeness (QED) is 0.898. The van der Waals surface area contributed by atoms with Crippen LogP contribution in [-0.4, -0.2) is 49.4 Å². The second-order valence-corrected chi connectivity index (χ2v) is 7.34. The number of nitrogens with one attached hydrogen (secondary N) is 1. The van der Waals surface area contributed by atoms with Crippen LogP contribution in [0.3, 0.4) is 0 Å². The molecule has 0 radical (unpaired) electrons. The van der Waals surface area contributed by atoms with Crippen LogP contribution in [0.1, 0.15) is 36.1 Å². The number of rotatable bonds is 5. The van der Waals surface area contributed by atoms with Crippen LogP contribution in [0.2, 0.25) is 0 Å². The molecular weight excluding hydrogens is 312 g/mol. The maximum atomic E-state index is 12.2. The minimum Gasteiger partial charge on any atom is -0.376 e. The number of nitrogens with zero attached hydrogens (tertiary/aromatic N) is 1. The van der Waals surface area contributed by atoms with E-state index in [1.807, 2.05) is 4.90 Å². The van der Waals surface area contributed by atoms with Crippen LogP contribution in [-0.2, 0) is 16.0 Å². The molecule has 0 saturated carbocycles. The van der Waals surface area contributed by atoms with Crippen LogP contribution in [0.5, 0.6) is 0 Å². The van der Waals surface area contributed by atoms with Crippen LogP contribution >= 0.6 is 11.3 Å². The third kappa shape index (κ3) is 4.68. The van der Waals surface area contributed by atoms with Gasteiger partial charge in [0.1, 0.15) is 0 Å². The predicted octanol–water partition coefficient (Wildman–Crippen LogP) is 2.93. The zero-order valence-corrected chi connectivity index (χ0v) is 14.6. The molecule has 0 bridgehead atoms. The van der Waals surface area contributed by atoms with Gasteiger partial charge in [-0.05, 0) is 49.6 Å². The summed E-state index contributed by atoms with van der Waals surface area (Å²) in [6, 6.07) is 2.12. The summed E-state index contributed by atoms with van der Waals surface area (Å²) in [7, 11) is 0. The molecule has 2 amide bonds. The van der Waals surface area contributed by atoms with Crippen molar-refractivity contribution in [2.24, 2.45) is 0 Å². The zero-order chi connectivity index (χ0) is 16.1. The van der Waals surface area contributed by atoms with Gasteiger partial charge in [-0.25, -0.2) is 4.79 Å². The zero-order valence-electron chi connectivity index (χ0n) is 13.8. The van der Waals surface area contributed by atoms with E-state index in [0.29, 0.717) is 13.2 Å². The Bertz CT molecular complexity index is 506. The lowest BCUT2D eigenvalue weighted by molar-refractivity contribution is -0.0381.